The molecule has 9 heteroatoms. The molecule has 33 heavy (non-hydrogen) atoms. The maximum absolute atomic E-state index is 12.8. The van der Waals surface area contributed by atoms with Crippen molar-refractivity contribution in [3.8, 4) is 0 Å². The van der Waals surface area contributed by atoms with E-state index in [1.54, 1.807) is 28.8 Å². The van der Waals surface area contributed by atoms with Gasteiger partial charge < -0.3 is 9.88 Å². The molecule has 0 atom stereocenters. The number of amides is 1. The van der Waals surface area contributed by atoms with E-state index in [1.165, 1.54) is 17.3 Å². The minimum Gasteiger partial charge on any atom is -0.325 e. The standard InChI is InChI=1S/C24H30N4O3S2/c1-4-6-7-19-10-12-20(13-11-19)25-23(29)16-32-24-27-26-22(28(24)5-2)17-33(30,31)21-14-8-18(3)9-15-21/h8-15H,4-7,16-17H2,1-3H3,(H,25,29). The van der Waals surface area contributed by atoms with E-state index in [9.17, 15) is 13.2 Å². The Bertz CT molecular complexity index is 1170. The summed E-state index contributed by atoms with van der Waals surface area (Å²) in [6, 6.07) is 14.7. The van der Waals surface area contributed by atoms with Crippen molar-refractivity contribution in [2.75, 3.05) is 11.1 Å². The van der Waals surface area contributed by atoms with E-state index in [1.807, 2.05) is 38.1 Å². The Hall–Kier alpha value is -2.65. The van der Waals surface area contributed by atoms with Gasteiger partial charge in [0.15, 0.2) is 15.0 Å². The van der Waals surface area contributed by atoms with Crippen LogP contribution in [0.3, 0.4) is 0 Å². The zero-order valence-corrected chi connectivity index (χ0v) is 20.9. The fourth-order valence-electron chi connectivity index (χ4n) is 3.31. The highest BCUT2D eigenvalue weighted by molar-refractivity contribution is 7.99. The van der Waals surface area contributed by atoms with Crippen LogP contribution in [0.2, 0.25) is 0 Å². The maximum atomic E-state index is 12.8. The number of carbonyl (C=O) groups excluding carboxylic acids is 1. The lowest BCUT2D eigenvalue weighted by Gasteiger charge is -2.09. The summed E-state index contributed by atoms with van der Waals surface area (Å²) in [5, 5.41) is 11.6. The topological polar surface area (TPSA) is 94.0 Å². The van der Waals surface area contributed by atoms with Gasteiger partial charge in [0, 0.05) is 12.2 Å². The van der Waals surface area contributed by atoms with Crippen LogP contribution in [0.15, 0.2) is 58.6 Å². The summed E-state index contributed by atoms with van der Waals surface area (Å²) < 4.78 is 27.3. The lowest BCUT2D eigenvalue weighted by Crippen LogP contribution is -2.15. The zero-order valence-electron chi connectivity index (χ0n) is 19.2. The zero-order chi connectivity index (χ0) is 23.8. The van der Waals surface area contributed by atoms with Crippen molar-refractivity contribution in [2.45, 2.75) is 62.4 Å². The van der Waals surface area contributed by atoms with E-state index in [0.717, 1.165) is 30.5 Å². The van der Waals surface area contributed by atoms with Crippen molar-refractivity contribution < 1.29 is 13.2 Å². The second-order valence-electron chi connectivity index (χ2n) is 7.85. The minimum atomic E-state index is -3.54. The first kappa shape index (κ1) is 25.0. The first-order valence-corrected chi connectivity index (χ1v) is 13.7. The van der Waals surface area contributed by atoms with Gasteiger partial charge in [0.1, 0.15) is 11.6 Å². The number of nitrogens with zero attached hydrogens (tertiary/aromatic N) is 3. The van der Waals surface area contributed by atoms with Crippen LogP contribution in [0, 0.1) is 6.92 Å². The largest absolute Gasteiger partial charge is 0.325 e. The molecule has 0 saturated carbocycles. The van der Waals surface area contributed by atoms with E-state index in [4.69, 9.17) is 0 Å². The third-order valence-corrected chi connectivity index (χ3v) is 7.79. The van der Waals surface area contributed by atoms with Gasteiger partial charge in [-0.1, -0.05) is 54.9 Å². The molecule has 1 aromatic heterocycles. The second kappa shape index (κ2) is 11.5. The highest BCUT2D eigenvalue weighted by Gasteiger charge is 2.21. The molecule has 2 aromatic carbocycles. The SMILES string of the molecule is CCCCc1ccc(NC(=O)CSc2nnc(CS(=O)(=O)c3ccc(C)cc3)n2CC)cc1. The number of unbranched alkanes of at least 4 members (excludes halogenated alkanes) is 1. The van der Waals surface area contributed by atoms with Crippen LogP contribution >= 0.6 is 11.8 Å². The van der Waals surface area contributed by atoms with Crippen LogP contribution in [-0.4, -0.2) is 34.8 Å². The van der Waals surface area contributed by atoms with Crippen LogP contribution in [-0.2, 0) is 33.4 Å². The number of sulfone groups is 1. The van der Waals surface area contributed by atoms with Gasteiger partial charge in [-0.25, -0.2) is 8.42 Å². The summed E-state index contributed by atoms with van der Waals surface area (Å²) in [6.07, 6.45) is 3.33. The Labute approximate surface area is 199 Å². The van der Waals surface area contributed by atoms with Crippen molar-refractivity contribution in [2.24, 2.45) is 0 Å². The predicted molar refractivity (Wildman–Crippen MR) is 132 cm³/mol. The van der Waals surface area contributed by atoms with Gasteiger partial charge in [0.25, 0.3) is 0 Å². The molecular weight excluding hydrogens is 456 g/mol. The first-order valence-electron chi connectivity index (χ1n) is 11.1. The van der Waals surface area contributed by atoms with Crippen LogP contribution in [0.5, 0.6) is 0 Å². The summed E-state index contributed by atoms with van der Waals surface area (Å²) >= 11 is 1.24. The van der Waals surface area contributed by atoms with Gasteiger partial charge in [-0.3, -0.25) is 4.79 Å². The Morgan fingerprint density at radius 1 is 1.03 bits per heavy atom. The van der Waals surface area contributed by atoms with Crippen LogP contribution in [0.1, 0.15) is 43.6 Å². The summed E-state index contributed by atoms with van der Waals surface area (Å²) in [5.74, 6) is 0.124. The highest BCUT2D eigenvalue weighted by Crippen LogP contribution is 2.22. The number of aromatic nitrogens is 3. The van der Waals surface area contributed by atoms with E-state index >= 15 is 0 Å². The van der Waals surface area contributed by atoms with Gasteiger partial charge in [0.2, 0.25) is 5.91 Å². The van der Waals surface area contributed by atoms with Gasteiger partial charge >= 0.3 is 0 Å². The normalized spacial score (nSPS) is 11.5. The van der Waals surface area contributed by atoms with Crippen molar-refractivity contribution in [3.63, 3.8) is 0 Å². The predicted octanol–water partition coefficient (Wildman–Crippen LogP) is 4.65. The van der Waals surface area contributed by atoms with Crippen LogP contribution in [0.4, 0.5) is 5.69 Å². The number of benzene rings is 2. The molecule has 0 aliphatic rings. The van der Waals surface area contributed by atoms with Crippen LogP contribution < -0.4 is 5.32 Å². The molecule has 1 N–H and O–H groups in total. The molecule has 0 saturated heterocycles. The smallest absolute Gasteiger partial charge is 0.234 e. The minimum absolute atomic E-state index is 0.152. The Balaban J connectivity index is 1.60. The number of aryl methyl sites for hydroxylation is 2. The van der Waals surface area contributed by atoms with Gasteiger partial charge in [0.05, 0.1) is 10.6 Å². The average Bonchev–Trinajstić information content (AvgIpc) is 3.18. The number of rotatable bonds is 11. The average molecular weight is 487 g/mol. The molecule has 0 spiro atoms. The fourth-order valence-corrected chi connectivity index (χ4v) is 5.40. The van der Waals surface area contributed by atoms with E-state index < -0.39 is 9.84 Å². The second-order valence-corrected chi connectivity index (χ2v) is 10.8. The molecule has 0 aliphatic carbocycles. The lowest BCUT2D eigenvalue weighted by molar-refractivity contribution is -0.113. The quantitative estimate of drug-likeness (QED) is 0.396. The fraction of sp³-hybridized carbons (Fsp3) is 0.375. The third kappa shape index (κ3) is 6.91. The Morgan fingerprint density at radius 3 is 2.36 bits per heavy atom. The molecule has 0 unspecified atom stereocenters. The van der Waals surface area contributed by atoms with Crippen LogP contribution in [0.25, 0.3) is 0 Å². The summed E-state index contributed by atoms with van der Waals surface area (Å²) in [6.45, 7) is 6.48. The number of hydrogen-bond acceptors (Lipinski definition) is 6. The number of hydrogen-bond donors (Lipinski definition) is 1. The van der Waals surface area contributed by atoms with E-state index in [-0.39, 0.29) is 22.3 Å². The van der Waals surface area contributed by atoms with Gasteiger partial charge in [-0.05, 0) is 56.5 Å². The van der Waals surface area contributed by atoms with Crippen molar-refractivity contribution in [1.82, 2.24) is 14.8 Å². The summed E-state index contributed by atoms with van der Waals surface area (Å²) in [7, 11) is -3.54. The number of anilines is 1. The first-order chi connectivity index (χ1) is 15.8. The molecule has 7 nitrogen and oxygen atoms in total. The van der Waals surface area contributed by atoms with Gasteiger partial charge in [-0.15, -0.1) is 10.2 Å². The monoisotopic (exact) mass is 486 g/mol. The number of nitrogens with one attached hydrogen (secondary N) is 1. The third-order valence-electron chi connectivity index (χ3n) is 5.20. The molecule has 1 amide bonds. The molecule has 0 aliphatic heterocycles. The molecule has 0 radical (unpaired) electrons. The Kier molecular flexibility index (Phi) is 8.68. The molecule has 0 bridgehead atoms. The summed E-state index contributed by atoms with van der Waals surface area (Å²) in [5.41, 5.74) is 3.01. The Morgan fingerprint density at radius 2 is 1.73 bits per heavy atom. The maximum Gasteiger partial charge on any atom is 0.234 e. The van der Waals surface area contributed by atoms with E-state index in [2.05, 4.69) is 22.4 Å². The van der Waals surface area contributed by atoms with Crippen molar-refractivity contribution in [1.29, 1.82) is 0 Å². The number of carbonyl (C=O) groups is 1. The molecule has 176 valence electrons. The molecule has 0 fully saturated rings. The molecule has 3 rings (SSSR count). The lowest BCUT2D eigenvalue weighted by atomic mass is 10.1. The molecule has 3 aromatic rings. The van der Waals surface area contributed by atoms with Crippen molar-refractivity contribution in [3.05, 3.63) is 65.5 Å². The molecule has 1 heterocycles. The number of thioether (sulfide) groups is 1. The summed E-state index contributed by atoms with van der Waals surface area (Å²) in [4.78, 5) is 12.7. The molecular formula is C24H30N4O3S2. The van der Waals surface area contributed by atoms with Crippen molar-refractivity contribution >= 4 is 33.2 Å². The highest BCUT2D eigenvalue weighted by atomic mass is 32.2. The van der Waals surface area contributed by atoms with E-state index in [0.29, 0.717) is 17.5 Å². The van der Waals surface area contributed by atoms with Gasteiger partial charge in [-0.2, -0.15) is 0 Å².